The second-order valence-corrected chi connectivity index (χ2v) is 9.10. The lowest BCUT2D eigenvalue weighted by molar-refractivity contribution is -0.146. The third-order valence-electron chi connectivity index (χ3n) is 7.00. The summed E-state index contributed by atoms with van der Waals surface area (Å²) in [6.45, 7) is 9.06. The van der Waals surface area contributed by atoms with E-state index in [4.69, 9.17) is 9.31 Å². The molecule has 0 aromatic rings. The van der Waals surface area contributed by atoms with Crippen molar-refractivity contribution >= 4 is 19.2 Å². The minimum absolute atomic E-state index is 0.123. The summed E-state index contributed by atoms with van der Waals surface area (Å²) in [7, 11) is -0.318. The molecule has 3 aliphatic rings. The van der Waals surface area contributed by atoms with Crippen molar-refractivity contribution in [2.24, 2.45) is 5.41 Å². The number of carboxylic acid groups (broad SMARTS) is 2. The number of carboxylic acids is 1. The van der Waals surface area contributed by atoms with Crippen LogP contribution in [0.3, 0.4) is 0 Å². The second kappa shape index (κ2) is 6.94. The molecule has 3 aliphatic heterocycles. The Morgan fingerprint density at radius 1 is 1.19 bits per heavy atom. The summed E-state index contributed by atoms with van der Waals surface area (Å²) < 4.78 is 12.1. The average molecular weight is 382 g/mol. The number of fused-ring (bicyclic) bond motifs is 1. The quantitative estimate of drug-likeness (QED) is 0.625. The molecule has 3 N–H and O–H groups in total. The van der Waals surface area contributed by atoms with E-state index in [9.17, 15) is 19.8 Å². The van der Waals surface area contributed by atoms with Crippen molar-refractivity contribution in [3.63, 3.8) is 0 Å². The number of hydrogen-bond donors (Lipinski definition) is 3. The van der Waals surface area contributed by atoms with Crippen LogP contribution < -0.4 is 5.32 Å². The summed E-state index contributed by atoms with van der Waals surface area (Å²) in [6, 6.07) is -1.13. The highest BCUT2D eigenvalue weighted by atomic mass is 16.7. The predicted molar refractivity (Wildman–Crippen MR) is 99.7 cm³/mol. The van der Waals surface area contributed by atoms with Crippen LogP contribution in [-0.4, -0.2) is 70.7 Å². The normalized spacial score (nSPS) is 34.5. The number of hydrogen-bond acceptors (Lipinski definition) is 5. The van der Waals surface area contributed by atoms with Crippen LogP contribution in [0.15, 0.2) is 0 Å². The van der Waals surface area contributed by atoms with Crippen LogP contribution in [0.2, 0.25) is 6.32 Å². The molecule has 0 saturated carbocycles. The number of piperidine rings is 1. The Morgan fingerprint density at radius 3 is 2.37 bits per heavy atom. The van der Waals surface area contributed by atoms with Gasteiger partial charge in [0.15, 0.2) is 0 Å². The maximum atomic E-state index is 12.0. The van der Waals surface area contributed by atoms with Crippen molar-refractivity contribution in [1.82, 2.24) is 10.2 Å². The van der Waals surface area contributed by atoms with Crippen LogP contribution in [0.25, 0.3) is 0 Å². The molecule has 3 rings (SSSR count). The summed E-state index contributed by atoms with van der Waals surface area (Å²) in [5.41, 5.74) is -1.35. The molecule has 0 unspecified atom stereocenters. The van der Waals surface area contributed by atoms with Crippen molar-refractivity contribution in [3.05, 3.63) is 0 Å². The monoisotopic (exact) mass is 382 g/mol. The van der Waals surface area contributed by atoms with E-state index in [-0.39, 0.29) is 30.9 Å². The van der Waals surface area contributed by atoms with E-state index in [1.807, 2.05) is 27.7 Å². The zero-order chi connectivity index (χ0) is 20.0. The molecule has 0 aliphatic carbocycles. The summed E-state index contributed by atoms with van der Waals surface area (Å²) in [6.07, 6.45) is 2.44. The maximum absolute atomic E-state index is 12.0. The van der Waals surface area contributed by atoms with Crippen molar-refractivity contribution in [1.29, 1.82) is 0 Å². The molecule has 0 aromatic carbocycles. The van der Waals surface area contributed by atoms with Crippen molar-refractivity contribution in [3.8, 4) is 0 Å². The van der Waals surface area contributed by atoms with Gasteiger partial charge < -0.3 is 24.8 Å². The van der Waals surface area contributed by atoms with Crippen LogP contribution in [0.5, 0.6) is 0 Å². The summed E-state index contributed by atoms with van der Waals surface area (Å²) in [4.78, 5) is 24.7. The largest absolute Gasteiger partial charge is 0.480 e. The number of likely N-dealkylation sites (tertiary alicyclic amines) is 1. The van der Waals surface area contributed by atoms with Crippen LogP contribution in [-0.2, 0) is 14.1 Å². The Labute approximate surface area is 160 Å². The Morgan fingerprint density at radius 2 is 1.81 bits per heavy atom. The van der Waals surface area contributed by atoms with Gasteiger partial charge in [-0.2, -0.15) is 0 Å². The van der Waals surface area contributed by atoms with Gasteiger partial charge >= 0.3 is 19.2 Å². The van der Waals surface area contributed by atoms with Crippen LogP contribution >= 0.6 is 0 Å². The van der Waals surface area contributed by atoms with Gasteiger partial charge in [0, 0.05) is 18.0 Å². The Hall–Kier alpha value is -1.32. The van der Waals surface area contributed by atoms with E-state index < -0.39 is 23.5 Å². The van der Waals surface area contributed by atoms with Crippen molar-refractivity contribution < 1.29 is 29.1 Å². The smallest absolute Gasteiger partial charge is 0.457 e. The van der Waals surface area contributed by atoms with E-state index in [2.05, 4.69) is 5.32 Å². The van der Waals surface area contributed by atoms with Gasteiger partial charge in [0.1, 0.15) is 6.04 Å². The number of nitrogens with one attached hydrogen (secondary N) is 1. The first kappa shape index (κ1) is 20.4. The molecule has 3 atom stereocenters. The van der Waals surface area contributed by atoms with Gasteiger partial charge in [0.25, 0.3) is 0 Å². The molecule has 0 aromatic heterocycles. The van der Waals surface area contributed by atoms with Gasteiger partial charge in [-0.15, -0.1) is 0 Å². The van der Waals surface area contributed by atoms with E-state index in [0.29, 0.717) is 12.7 Å². The molecule has 3 saturated heterocycles. The molecule has 152 valence electrons. The van der Waals surface area contributed by atoms with Crippen molar-refractivity contribution in [2.75, 3.05) is 13.1 Å². The van der Waals surface area contributed by atoms with Crippen molar-refractivity contribution in [2.45, 2.75) is 83.0 Å². The van der Waals surface area contributed by atoms with Gasteiger partial charge in [-0.05, 0) is 59.8 Å². The first-order chi connectivity index (χ1) is 12.5. The van der Waals surface area contributed by atoms with Crippen LogP contribution in [0, 0.1) is 5.41 Å². The van der Waals surface area contributed by atoms with E-state index in [1.54, 1.807) is 0 Å². The number of rotatable bonds is 5. The maximum Gasteiger partial charge on any atom is 0.457 e. The van der Waals surface area contributed by atoms with E-state index in [1.165, 1.54) is 0 Å². The van der Waals surface area contributed by atoms with Gasteiger partial charge in [0.05, 0.1) is 11.2 Å². The Balaban J connectivity index is 1.71. The van der Waals surface area contributed by atoms with Gasteiger partial charge in [-0.3, -0.25) is 4.90 Å². The van der Waals surface area contributed by atoms with Gasteiger partial charge in [0.2, 0.25) is 0 Å². The summed E-state index contributed by atoms with van der Waals surface area (Å²) in [5, 5.41) is 22.7. The fourth-order valence-electron chi connectivity index (χ4n) is 4.94. The lowest BCUT2D eigenvalue weighted by atomic mass is 9.66. The molecule has 1 amide bonds. The summed E-state index contributed by atoms with van der Waals surface area (Å²) >= 11 is 0. The number of carbonyl (C=O) groups is 2. The lowest BCUT2D eigenvalue weighted by Crippen LogP contribution is -2.54. The SMILES string of the molecule is CC1(C)OB(CCC[C@]23CCCN[C@H]2CN(C(=O)O)[C@@H]3C(=O)O)OC1(C)C. The molecule has 0 radical (unpaired) electrons. The molecule has 27 heavy (non-hydrogen) atoms. The predicted octanol–water partition coefficient (Wildman–Crippen LogP) is 2.04. The molecule has 0 bridgehead atoms. The zero-order valence-electron chi connectivity index (χ0n) is 16.7. The fourth-order valence-corrected chi connectivity index (χ4v) is 4.94. The third-order valence-corrected chi connectivity index (χ3v) is 7.00. The third kappa shape index (κ3) is 3.45. The second-order valence-electron chi connectivity index (χ2n) is 9.10. The highest BCUT2D eigenvalue weighted by Gasteiger charge is 2.59. The minimum Gasteiger partial charge on any atom is -0.480 e. The average Bonchev–Trinajstić information content (AvgIpc) is 2.98. The zero-order valence-corrected chi connectivity index (χ0v) is 16.7. The van der Waals surface area contributed by atoms with E-state index >= 15 is 0 Å². The standard InChI is InChI=1S/C18H31BN2O6/c1-16(2)17(3,4)27-19(26-16)9-5-7-18-8-6-10-20-12(18)11-21(15(24)25)13(18)14(22)23/h12-13,20H,5-11H2,1-4H3,(H,22,23)(H,24,25)/t12-,13+,18-/m0/s1. The first-order valence-electron chi connectivity index (χ1n) is 9.82. The van der Waals surface area contributed by atoms with Crippen LogP contribution in [0.1, 0.15) is 53.4 Å². The molecule has 3 heterocycles. The highest BCUT2D eigenvalue weighted by Crippen LogP contribution is 2.48. The number of amides is 1. The topological polar surface area (TPSA) is 108 Å². The molecular weight excluding hydrogens is 351 g/mol. The fraction of sp³-hybridized carbons (Fsp3) is 0.889. The van der Waals surface area contributed by atoms with Gasteiger partial charge in [-0.1, -0.05) is 6.42 Å². The molecule has 0 spiro atoms. The van der Waals surface area contributed by atoms with E-state index in [0.717, 1.165) is 30.7 Å². The Bertz CT molecular complexity index is 597. The summed E-state index contributed by atoms with van der Waals surface area (Å²) in [5.74, 6) is -1.06. The molecule has 3 fully saturated rings. The molecule has 8 nitrogen and oxygen atoms in total. The number of aliphatic carboxylic acids is 1. The minimum atomic E-state index is -1.16. The molecule has 9 heteroatoms. The lowest BCUT2D eigenvalue weighted by Gasteiger charge is -2.42. The molecular formula is C18H31BN2O6. The Kier molecular flexibility index (Phi) is 5.25. The van der Waals surface area contributed by atoms with Crippen LogP contribution in [0.4, 0.5) is 4.79 Å². The highest BCUT2D eigenvalue weighted by molar-refractivity contribution is 6.45. The van der Waals surface area contributed by atoms with Gasteiger partial charge in [-0.25, -0.2) is 9.59 Å². The number of nitrogens with zero attached hydrogens (tertiary/aromatic N) is 1. The first-order valence-corrected chi connectivity index (χ1v) is 9.82.